The monoisotopic (exact) mass is 475 g/mol. The molecule has 0 unspecified atom stereocenters. The van der Waals surface area contributed by atoms with E-state index in [-0.39, 0.29) is 23.8 Å². The minimum absolute atomic E-state index is 0.0458. The van der Waals surface area contributed by atoms with Crippen LogP contribution < -0.4 is 4.90 Å². The molecule has 0 bridgehead atoms. The largest absolute Gasteiger partial charge is 0.357 e. The number of imidazole rings is 1. The van der Waals surface area contributed by atoms with Gasteiger partial charge in [-0.25, -0.2) is 9.37 Å². The molecule has 184 valence electrons. The number of rotatable bonds is 6. The van der Waals surface area contributed by atoms with Crippen molar-refractivity contribution in [3.8, 4) is 0 Å². The maximum Gasteiger partial charge on any atom is 0.246 e. The SMILES string of the molecule is C[C@H](c1ccc(F)cc1)n1cncc1CN1CCN(c2ccccc2)[C@H](C(=O)N2CCCCC2)C1. The van der Waals surface area contributed by atoms with Crippen molar-refractivity contribution in [1.29, 1.82) is 0 Å². The number of aromatic nitrogens is 2. The van der Waals surface area contributed by atoms with Crippen molar-refractivity contribution in [1.82, 2.24) is 19.4 Å². The second-order valence-electron chi connectivity index (χ2n) is 9.69. The van der Waals surface area contributed by atoms with Gasteiger partial charge in [0.05, 0.1) is 18.1 Å². The lowest BCUT2D eigenvalue weighted by Crippen LogP contribution is -2.60. The van der Waals surface area contributed by atoms with Crippen molar-refractivity contribution in [2.24, 2.45) is 0 Å². The first-order valence-electron chi connectivity index (χ1n) is 12.7. The van der Waals surface area contributed by atoms with E-state index in [2.05, 4.69) is 43.3 Å². The van der Waals surface area contributed by atoms with Gasteiger partial charge in [-0.3, -0.25) is 9.69 Å². The fourth-order valence-electron chi connectivity index (χ4n) is 5.38. The number of nitrogens with zero attached hydrogens (tertiary/aromatic N) is 5. The normalized spacial score (nSPS) is 20.1. The lowest BCUT2D eigenvalue weighted by molar-refractivity contribution is -0.134. The van der Waals surface area contributed by atoms with Crippen LogP contribution in [0.4, 0.5) is 10.1 Å². The summed E-state index contributed by atoms with van der Waals surface area (Å²) in [6, 6.07) is 16.8. The fraction of sp³-hybridized carbons (Fsp3) is 0.429. The van der Waals surface area contributed by atoms with E-state index >= 15 is 0 Å². The van der Waals surface area contributed by atoms with Crippen LogP contribution in [0.3, 0.4) is 0 Å². The Bertz CT molecular complexity index is 1110. The van der Waals surface area contributed by atoms with Gasteiger partial charge in [-0.05, 0) is 56.0 Å². The quantitative estimate of drug-likeness (QED) is 0.532. The standard InChI is InChI=1S/C28H34FN5O/c1-22(23-10-12-24(29)13-11-23)34-21-30-18-26(34)19-31-16-17-33(25-8-4-2-5-9-25)27(20-31)28(35)32-14-6-3-7-15-32/h2,4-5,8-13,18,21-22,27H,3,6-7,14-17,19-20H2,1H3/t22-,27+/m1/s1. The first-order chi connectivity index (χ1) is 17.1. The van der Waals surface area contributed by atoms with Crippen LogP contribution in [-0.4, -0.2) is 64.0 Å². The maximum atomic E-state index is 13.7. The molecule has 7 heteroatoms. The van der Waals surface area contributed by atoms with Crippen molar-refractivity contribution < 1.29 is 9.18 Å². The summed E-state index contributed by atoms with van der Waals surface area (Å²) in [5.74, 6) is 0.0129. The predicted octanol–water partition coefficient (Wildman–Crippen LogP) is 4.33. The summed E-state index contributed by atoms with van der Waals surface area (Å²) in [5.41, 5.74) is 3.24. The molecule has 3 heterocycles. The van der Waals surface area contributed by atoms with Crippen molar-refractivity contribution in [2.45, 2.75) is 44.8 Å². The Morgan fingerprint density at radius 2 is 1.74 bits per heavy atom. The first kappa shape index (κ1) is 23.5. The molecule has 1 amide bonds. The maximum absolute atomic E-state index is 13.7. The van der Waals surface area contributed by atoms with Gasteiger partial charge < -0.3 is 14.4 Å². The minimum Gasteiger partial charge on any atom is -0.357 e. The van der Waals surface area contributed by atoms with Gasteiger partial charge in [-0.2, -0.15) is 0 Å². The number of hydrogen-bond donors (Lipinski definition) is 0. The fourth-order valence-corrected chi connectivity index (χ4v) is 5.38. The van der Waals surface area contributed by atoms with Crippen LogP contribution in [-0.2, 0) is 11.3 Å². The molecule has 6 nitrogen and oxygen atoms in total. The number of piperazine rings is 1. The molecule has 5 rings (SSSR count). The molecular formula is C28H34FN5O. The molecule has 2 saturated heterocycles. The van der Waals surface area contributed by atoms with Crippen LogP contribution in [0, 0.1) is 5.82 Å². The van der Waals surface area contributed by atoms with E-state index in [0.29, 0.717) is 6.54 Å². The van der Waals surface area contributed by atoms with Gasteiger partial charge in [-0.1, -0.05) is 30.3 Å². The summed E-state index contributed by atoms with van der Waals surface area (Å²) in [5, 5.41) is 0. The molecule has 2 fully saturated rings. The number of piperidine rings is 1. The number of para-hydroxylation sites is 1. The molecular weight excluding hydrogens is 441 g/mol. The molecule has 0 spiro atoms. The highest BCUT2D eigenvalue weighted by atomic mass is 19.1. The third kappa shape index (κ3) is 5.25. The third-order valence-electron chi connectivity index (χ3n) is 7.41. The number of amides is 1. The predicted molar refractivity (Wildman–Crippen MR) is 136 cm³/mol. The smallest absolute Gasteiger partial charge is 0.246 e. The van der Waals surface area contributed by atoms with Gasteiger partial charge >= 0.3 is 0 Å². The number of carbonyl (C=O) groups excluding carboxylic acids is 1. The minimum atomic E-state index is -0.229. The third-order valence-corrected chi connectivity index (χ3v) is 7.41. The topological polar surface area (TPSA) is 44.6 Å². The Morgan fingerprint density at radius 1 is 1.00 bits per heavy atom. The molecule has 2 aromatic carbocycles. The lowest BCUT2D eigenvalue weighted by Gasteiger charge is -2.44. The van der Waals surface area contributed by atoms with Crippen LogP contribution >= 0.6 is 0 Å². The van der Waals surface area contributed by atoms with Crippen LogP contribution in [0.1, 0.15) is 43.5 Å². The zero-order valence-electron chi connectivity index (χ0n) is 20.4. The van der Waals surface area contributed by atoms with E-state index in [0.717, 1.165) is 62.5 Å². The first-order valence-corrected chi connectivity index (χ1v) is 12.7. The molecule has 2 atom stereocenters. The number of hydrogen-bond acceptors (Lipinski definition) is 4. The molecule has 1 aromatic heterocycles. The van der Waals surface area contributed by atoms with Crippen molar-refractivity contribution in [2.75, 3.05) is 37.6 Å². The highest BCUT2D eigenvalue weighted by molar-refractivity contribution is 5.86. The molecule has 2 aliphatic rings. The van der Waals surface area contributed by atoms with Gasteiger partial charge in [0, 0.05) is 51.2 Å². The van der Waals surface area contributed by atoms with E-state index < -0.39 is 0 Å². The Hall–Kier alpha value is -3.19. The molecule has 0 aliphatic carbocycles. The van der Waals surface area contributed by atoms with Crippen molar-refractivity contribution in [3.63, 3.8) is 0 Å². The van der Waals surface area contributed by atoms with Crippen LogP contribution in [0.2, 0.25) is 0 Å². The highest BCUT2D eigenvalue weighted by Crippen LogP contribution is 2.25. The number of benzene rings is 2. The Labute approximate surface area is 207 Å². The van der Waals surface area contributed by atoms with Crippen molar-refractivity contribution >= 4 is 11.6 Å². The average Bonchev–Trinajstić information content (AvgIpc) is 3.37. The average molecular weight is 476 g/mol. The van der Waals surface area contributed by atoms with Crippen LogP contribution in [0.5, 0.6) is 0 Å². The van der Waals surface area contributed by atoms with Gasteiger partial charge in [0.2, 0.25) is 5.91 Å². The Morgan fingerprint density at radius 3 is 2.49 bits per heavy atom. The molecule has 0 N–H and O–H groups in total. The van der Waals surface area contributed by atoms with E-state index in [9.17, 15) is 9.18 Å². The Kier molecular flexibility index (Phi) is 7.13. The summed E-state index contributed by atoms with van der Waals surface area (Å²) >= 11 is 0. The summed E-state index contributed by atoms with van der Waals surface area (Å²) in [6.07, 6.45) is 7.14. The van der Waals surface area contributed by atoms with Crippen molar-refractivity contribution in [3.05, 3.63) is 84.2 Å². The molecule has 2 aliphatic heterocycles. The Balaban J connectivity index is 1.34. The summed E-state index contributed by atoms with van der Waals surface area (Å²) in [6.45, 7) is 6.90. The number of halogens is 1. The molecule has 3 aromatic rings. The van der Waals surface area contributed by atoms with Crippen LogP contribution in [0.25, 0.3) is 0 Å². The zero-order valence-corrected chi connectivity index (χ0v) is 20.4. The molecule has 0 radical (unpaired) electrons. The number of carbonyl (C=O) groups is 1. The second kappa shape index (κ2) is 10.6. The van der Waals surface area contributed by atoms with E-state index in [1.165, 1.54) is 18.6 Å². The number of likely N-dealkylation sites (tertiary alicyclic amines) is 1. The van der Waals surface area contributed by atoms with Gasteiger partial charge in [0.1, 0.15) is 11.9 Å². The lowest BCUT2D eigenvalue weighted by atomic mass is 10.1. The van der Waals surface area contributed by atoms with Gasteiger partial charge in [-0.15, -0.1) is 0 Å². The second-order valence-corrected chi connectivity index (χ2v) is 9.69. The zero-order chi connectivity index (χ0) is 24.2. The van der Waals surface area contributed by atoms with E-state index in [4.69, 9.17) is 0 Å². The highest BCUT2D eigenvalue weighted by Gasteiger charge is 2.35. The summed E-state index contributed by atoms with van der Waals surface area (Å²) in [4.78, 5) is 24.8. The van der Waals surface area contributed by atoms with E-state index in [1.54, 1.807) is 0 Å². The molecule has 35 heavy (non-hydrogen) atoms. The number of anilines is 1. The van der Waals surface area contributed by atoms with E-state index in [1.807, 2.05) is 42.9 Å². The molecule has 0 saturated carbocycles. The van der Waals surface area contributed by atoms with Crippen LogP contribution in [0.15, 0.2) is 67.1 Å². The van der Waals surface area contributed by atoms with Gasteiger partial charge in [0.15, 0.2) is 0 Å². The van der Waals surface area contributed by atoms with Gasteiger partial charge in [0.25, 0.3) is 0 Å². The summed E-state index contributed by atoms with van der Waals surface area (Å²) < 4.78 is 15.6. The summed E-state index contributed by atoms with van der Waals surface area (Å²) in [7, 11) is 0.